The molecule has 2 rings (SSSR count). The molecule has 4 N–H and O–H groups in total. The Hall–Kier alpha value is -1.76. The summed E-state index contributed by atoms with van der Waals surface area (Å²) in [6.45, 7) is 2.73. The van der Waals surface area contributed by atoms with Gasteiger partial charge in [-0.25, -0.2) is 0 Å². The zero-order valence-electron chi connectivity index (χ0n) is 8.18. The van der Waals surface area contributed by atoms with Crippen molar-refractivity contribution < 1.29 is 9.94 Å². The van der Waals surface area contributed by atoms with Gasteiger partial charge >= 0.3 is 0 Å². The molecular formula is C8H13N5O2. The van der Waals surface area contributed by atoms with E-state index in [0.29, 0.717) is 23.8 Å². The average molecular weight is 211 g/mol. The van der Waals surface area contributed by atoms with Crippen LogP contribution in [0.2, 0.25) is 0 Å². The van der Waals surface area contributed by atoms with Crippen molar-refractivity contribution in [1.82, 2.24) is 9.71 Å². The van der Waals surface area contributed by atoms with Crippen molar-refractivity contribution in [2.24, 2.45) is 0 Å². The van der Waals surface area contributed by atoms with E-state index in [-0.39, 0.29) is 11.4 Å². The number of nitrogens with zero attached hydrogens (tertiary/aromatic N) is 3. The molecule has 1 saturated heterocycles. The van der Waals surface area contributed by atoms with E-state index in [1.54, 1.807) is 6.07 Å². The zero-order chi connectivity index (χ0) is 10.8. The van der Waals surface area contributed by atoms with Gasteiger partial charge in [-0.1, -0.05) is 0 Å². The second-order valence-corrected chi connectivity index (χ2v) is 3.27. The van der Waals surface area contributed by atoms with Crippen LogP contribution in [-0.2, 0) is 4.74 Å². The van der Waals surface area contributed by atoms with Crippen LogP contribution in [0.1, 0.15) is 0 Å². The first kappa shape index (κ1) is 9.78. The Morgan fingerprint density at radius 2 is 2.13 bits per heavy atom. The molecule has 7 heteroatoms. The van der Waals surface area contributed by atoms with E-state index in [9.17, 15) is 5.21 Å². The predicted molar refractivity (Wildman–Crippen MR) is 52.7 cm³/mol. The fourth-order valence-corrected chi connectivity index (χ4v) is 1.46. The lowest BCUT2D eigenvalue weighted by molar-refractivity contribution is 0.122. The lowest BCUT2D eigenvalue weighted by Gasteiger charge is -2.27. The maximum Gasteiger partial charge on any atom is 0.259 e. The van der Waals surface area contributed by atoms with Gasteiger partial charge in [-0.2, -0.15) is 4.98 Å². The maximum atomic E-state index is 9.23. The molecule has 0 spiro atoms. The second kappa shape index (κ2) is 3.77. The molecule has 7 nitrogen and oxygen atoms in total. The fraction of sp³-hybridized carbons (Fsp3) is 0.500. The van der Waals surface area contributed by atoms with Crippen LogP contribution in [0.25, 0.3) is 0 Å². The molecule has 0 atom stereocenters. The highest BCUT2D eigenvalue weighted by atomic mass is 16.5. The van der Waals surface area contributed by atoms with Gasteiger partial charge in [0.15, 0.2) is 0 Å². The van der Waals surface area contributed by atoms with Crippen LogP contribution < -0.4 is 16.3 Å². The van der Waals surface area contributed by atoms with E-state index in [0.717, 1.165) is 13.1 Å². The monoisotopic (exact) mass is 211 g/mol. The van der Waals surface area contributed by atoms with Crippen molar-refractivity contribution in [2.75, 3.05) is 36.9 Å². The number of nitrogens with two attached hydrogens (primary N) is 1. The van der Waals surface area contributed by atoms with Crippen LogP contribution >= 0.6 is 0 Å². The van der Waals surface area contributed by atoms with Gasteiger partial charge < -0.3 is 20.6 Å². The molecule has 0 radical (unpaired) electrons. The minimum Gasteiger partial charge on any atom is -0.423 e. The van der Waals surface area contributed by atoms with Crippen molar-refractivity contribution in [3.8, 4) is 0 Å². The zero-order valence-corrected chi connectivity index (χ0v) is 8.18. The molecule has 0 unspecified atom stereocenters. The number of aromatic nitrogens is 2. The fourth-order valence-electron chi connectivity index (χ4n) is 1.46. The largest absolute Gasteiger partial charge is 0.423 e. The normalized spacial score (nSPS) is 16.7. The SMILES string of the molecule is N=c1nc(N2CCOCC2)cc(N)n1O. The highest BCUT2D eigenvalue weighted by Crippen LogP contribution is 2.12. The quantitative estimate of drug-likeness (QED) is 0.518. The number of nitrogens with one attached hydrogen (secondary N) is 1. The Morgan fingerprint density at radius 3 is 2.73 bits per heavy atom. The summed E-state index contributed by atoms with van der Waals surface area (Å²) in [7, 11) is 0. The van der Waals surface area contributed by atoms with E-state index in [1.165, 1.54) is 0 Å². The van der Waals surface area contributed by atoms with Crippen molar-refractivity contribution in [1.29, 1.82) is 5.41 Å². The molecule has 1 aromatic heterocycles. The van der Waals surface area contributed by atoms with Crippen molar-refractivity contribution >= 4 is 11.6 Å². The van der Waals surface area contributed by atoms with E-state index in [1.807, 2.05) is 4.90 Å². The number of ether oxygens (including phenoxy) is 1. The second-order valence-electron chi connectivity index (χ2n) is 3.27. The first-order chi connectivity index (χ1) is 7.18. The standard InChI is InChI=1S/C8H13N5O2/c9-6-5-7(11-8(10)13(6)14)12-1-3-15-4-2-12/h5,10,14H,1-4,9H2. The van der Waals surface area contributed by atoms with Crippen LogP contribution in [0.4, 0.5) is 11.6 Å². The number of rotatable bonds is 1. The van der Waals surface area contributed by atoms with Gasteiger partial charge in [0.1, 0.15) is 11.6 Å². The number of nitrogen functional groups attached to an aromatic ring is 1. The summed E-state index contributed by atoms with van der Waals surface area (Å²) in [5, 5.41) is 16.6. The van der Waals surface area contributed by atoms with Gasteiger partial charge in [-0.15, -0.1) is 4.73 Å². The minimum absolute atomic E-state index is 0.108. The lowest BCUT2D eigenvalue weighted by Crippen LogP contribution is -2.38. The first-order valence-electron chi connectivity index (χ1n) is 4.64. The van der Waals surface area contributed by atoms with Gasteiger partial charge in [-0.05, 0) is 0 Å². The first-order valence-corrected chi connectivity index (χ1v) is 4.64. The molecule has 0 amide bonds. The topological polar surface area (TPSA) is 100 Å². The minimum atomic E-state index is -0.267. The van der Waals surface area contributed by atoms with Crippen LogP contribution in [0, 0.1) is 5.41 Å². The van der Waals surface area contributed by atoms with E-state index in [4.69, 9.17) is 15.9 Å². The van der Waals surface area contributed by atoms with Crippen LogP contribution in [0.15, 0.2) is 6.07 Å². The van der Waals surface area contributed by atoms with Gasteiger partial charge in [0.05, 0.1) is 13.2 Å². The number of hydrogen-bond donors (Lipinski definition) is 3. The molecule has 1 fully saturated rings. The highest BCUT2D eigenvalue weighted by Gasteiger charge is 2.13. The molecule has 15 heavy (non-hydrogen) atoms. The summed E-state index contributed by atoms with van der Waals surface area (Å²) in [5.41, 5.74) is 5.26. The average Bonchev–Trinajstić information content (AvgIpc) is 2.26. The summed E-state index contributed by atoms with van der Waals surface area (Å²) in [6.07, 6.45) is 0. The Labute approximate surface area is 86.2 Å². The molecule has 82 valence electrons. The number of morpholine rings is 1. The Balaban J connectivity index is 2.32. The molecule has 0 saturated carbocycles. The maximum absolute atomic E-state index is 9.23. The van der Waals surface area contributed by atoms with Crippen LogP contribution in [-0.4, -0.2) is 41.2 Å². The summed E-state index contributed by atoms with van der Waals surface area (Å²) in [6, 6.07) is 1.54. The molecule has 1 aliphatic heterocycles. The van der Waals surface area contributed by atoms with E-state index < -0.39 is 0 Å². The summed E-state index contributed by atoms with van der Waals surface area (Å²) >= 11 is 0. The summed E-state index contributed by atoms with van der Waals surface area (Å²) < 4.78 is 5.75. The molecule has 0 aliphatic carbocycles. The summed E-state index contributed by atoms with van der Waals surface area (Å²) in [5.74, 6) is 0.711. The smallest absolute Gasteiger partial charge is 0.259 e. The molecule has 2 heterocycles. The van der Waals surface area contributed by atoms with Crippen molar-refractivity contribution in [3.63, 3.8) is 0 Å². The third-order valence-electron chi connectivity index (χ3n) is 2.28. The van der Waals surface area contributed by atoms with Gasteiger partial charge in [0, 0.05) is 19.2 Å². The van der Waals surface area contributed by atoms with E-state index in [2.05, 4.69) is 4.98 Å². The molecular weight excluding hydrogens is 198 g/mol. The van der Waals surface area contributed by atoms with Crippen LogP contribution in [0.5, 0.6) is 0 Å². The Morgan fingerprint density at radius 1 is 1.47 bits per heavy atom. The third kappa shape index (κ3) is 1.86. The molecule has 1 aliphatic rings. The molecule has 1 aromatic rings. The van der Waals surface area contributed by atoms with Crippen LogP contribution in [0.3, 0.4) is 0 Å². The highest BCUT2D eigenvalue weighted by molar-refractivity contribution is 5.46. The predicted octanol–water partition coefficient (Wildman–Crippen LogP) is -0.981. The number of anilines is 2. The Kier molecular flexibility index (Phi) is 2.46. The lowest BCUT2D eigenvalue weighted by atomic mass is 10.4. The molecule has 0 aromatic carbocycles. The van der Waals surface area contributed by atoms with Gasteiger partial charge in [-0.3, -0.25) is 5.41 Å². The van der Waals surface area contributed by atoms with E-state index >= 15 is 0 Å². The van der Waals surface area contributed by atoms with Gasteiger partial charge in [0.2, 0.25) is 0 Å². The molecule has 0 bridgehead atoms. The third-order valence-corrected chi connectivity index (χ3v) is 2.28. The summed E-state index contributed by atoms with van der Waals surface area (Å²) in [4.78, 5) is 5.90. The Bertz CT molecular complexity index is 410. The van der Waals surface area contributed by atoms with Crippen molar-refractivity contribution in [2.45, 2.75) is 0 Å². The number of hydrogen-bond acceptors (Lipinski definition) is 6. The van der Waals surface area contributed by atoms with Gasteiger partial charge in [0.25, 0.3) is 5.62 Å². The van der Waals surface area contributed by atoms with Crippen molar-refractivity contribution in [3.05, 3.63) is 11.7 Å².